The summed E-state index contributed by atoms with van der Waals surface area (Å²) in [6.45, 7) is -2.42. The number of carbonyl (C=O) groups is 1. The number of para-hydroxylation sites is 1. The lowest BCUT2D eigenvalue weighted by atomic mass is 10.1. The highest BCUT2D eigenvalue weighted by atomic mass is 32.1. The second-order valence-electron chi connectivity index (χ2n) is 5.52. The second kappa shape index (κ2) is 7.57. The van der Waals surface area contributed by atoms with Gasteiger partial charge in [0.2, 0.25) is 5.91 Å². The Morgan fingerprint density at radius 1 is 1.20 bits per heavy atom. The number of ether oxygens (including phenoxy) is 1. The number of rotatable bonds is 6. The van der Waals surface area contributed by atoms with Crippen LogP contribution in [0.4, 0.5) is 8.78 Å². The van der Waals surface area contributed by atoms with Gasteiger partial charge in [0, 0.05) is 7.05 Å². The molecule has 1 aromatic heterocycles. The van der Waals surface area contributed by atoms with E-state index < -0.39 is 6.61 Å². The summed E-state index contributed by atoms with van der Waals surface area (Å²) in [4.78, 5) is 18.5. The van der Waals surface area contributed by atoms with Crippen molar-refractivity contribution in [1.29, 1.82) is 0 Å². The fourth-order valence-electron chi connectivity index (χ4n) is 2.38. The van der Waals surface area contributed by atoms with Gasteiger partial charge in [-0.2, -0.15) is 8.78 Å². The van der Waals surface area contributed by atoms with Gasteiger partial charge in [0.15, 0.2) is 0 Å². The van der Waals surface area contributed by atoms with Crippen molar-refractivity contribution in [2.45, 2.75) is 19.6 Å². The lowest BCUT2D eigenvalue weighted by molar-refractivity contribution is -0.129. The summed E-state index contributed by atoms with van der Waals surface area (Å²) >= 11 is 1.56. The molecule has 7 heteroatoms. The fraction of sp³-hybridized carbons (Fsp3) is 0.222. The lowest BCUT2D eigenvalue weighted by Gasteiger charge is -2.15. The molecule has 2 aromatic carbocycles. The van der Waals surface area contributed by atoms with Crippen molar-refractivity contribution < 1.29 is 18.3 Å². The first-order valence-corrected chi connectivity index (χ1v) is 8.45. The van der Waals surface area contributed by atoms with Gasteiger partial charge in [0.1, 0.15) is 10.8 Å². The number of fused-ring (bicyclic) bond motifs is 1. The van der Waals surface area contributed by atoms with E-state index in [9.17, 15) is 13.6 Å². The van der Waals surface area contributed by atoms with Crippen LogP contribution in [-0.2, 0) is 17.8 Å². The van der Waals surface area contributed by atoms with Crippen LogP contribution in [0, 0.1) is 0 Å². The van der Waals surface area contributed by atoms with Crippen LogP contribution in [0.1, 0.15) is 10.6 Å². The Labute approximate surface area is 147 Å². The zero-order chi connectivity index (χ0) is 17.8. The van der Waals surface area contributed by atoms with E-state index in [4.69, 9.17) is 0 Å². The molecular formula is C18H16F2N2O2S. The van der Waals surface area contributed by atoms with Crippen LogP contribution in [0.3, 0.4) is 0 Å². The van der Waals surface area contributed by atoms with Crippen LogP contribution in [0.25, 0.3) is 10.2 Å². The number of thiazole rings is 1. The molecule has 0 aliphatic heterocycles. The van der Waals surface area contributed by atoms with Crippen molar-refractivity contribution in [3.8, 4) is 5.75 Å². The number of amides is 1. The van der Waals surface area contributed by atoms with E-state index in [1.54, 1.807) is 35.4 Å². The van der Waals surface area contributed by atoms with E-state index in [0.717, 1.165) is 20.8 Å². The van der Waals surface area contributed by atoms with Gasteiger partial charge in [-0.05, 0) is 29.8 Å². The quantitative estimate of drug-likeness (QED) is 0.663. The molecule has 0 saturated carbocycles. The van der Waals surface area contributed by atoms with Gasteiger partial charge in [-0.25, -0.2) is 4.98 Å². The molecule has 3 rings (SSSR count). The van der Waals surface area contributed by atoms with Crippen LogP contribution >= 0.6 is 11.3 Å². The molecule has 1 heterocycles. The number of carbonyl (C=O) groups excluding carboxylic acids is 1. The third-order valence-corrected chi connectivity index (χ3v) is 4.66. The molecule has 25 heavy (non-hydrogen) atoms. The molecule has 0 spiro atoms. The van der Waals surface area contributed by atoms with Gasteiger partial charge in [-0.3, -0.25) is 4.79 Å². The van der Waals surface area contributed by atoms with E-state index in [2.05, 4.69) is 9.72 Å². The Morgan fingerprint density at radius 2 is 1.92 bits per heavy atom. The molecule has 1 amide bonds. The number of halogens is 2. The van der Waals surface area contributed by atoms with Crippen molar-refractivity contribution in [1.82, 2.24) is 9.88 Å². The third kappa shape index (κ3) is 4.51. The number of nitrogens with zero attached hydrogens (tertiary/aromatic N) is 2. The SMILES string of the molecule is CN(Cc1nc2ccccc2s1)C(=O)Cc1ccc(OC(F)F)cc1. The molecule has 0 fully saturated rings. The number of hydrogen-bond acceptors (Lipinski definition) is 4. The molecular weight excluding hydrogens is 346 g/mol. The first-order valence-electron chi connectivity index (χ1n) is 7.63. The molecule has 0 aliphatic carbocycles. The van der Waals surface area contributed by atoms with Crippen molar-refractivity contribution in [2.75, 3.05) is 7.05 Å². The number of likely N-dealkylation sites (N-methyl/N-ethyl adjacent to an activating group) is 1. The van der Waals surface area contributed by atoms with Crippen LogP contribution < -0.4 is 4.74 Å². The Kier molecular flexibility index (Phi) is 5.23. The highest BCUT2D eigenvalue weighted by Gasteiger charge is 2.13. The number of alkyl halides is 2. The molecule has 0 aliphatic rings. The highest BCUT2D eigenvalue weighted by Crippen LogP contribution is 2.22. The summed E-state index contributed by atoms with van der Waals surface area (Å²) in [6.07, 6.45) is 0.191. The van der Waals surface area contributed by atoms with Gasteiger partial charge < -0.3 is 9.64 Å². The summed E-state index contributed by atoms with van der Waals surface area (Å²) in [5, 5.41) is 0.873. The maximum atomic E-state index is 12.3. The fourth-order valence-corrected chi connectivity index (χ4v) is 3.40. The smallest absolute Gasteiger partial charge is 0.387 e. The molecule has 0 bridgehead atoms. The lowest BCUT2D eigenvalue weighted by Crippen LogP contribution is -2.27. The zero-order valence-electron chi connectivity index (χ0n) is 13.5. The van der Waals surface area contributed by atoms with Gasteiger partial charge in [-0.1, -0.05) is 24.3 Å². The Bertz CT molecular complexity index is 832. The Balaban J connectivity index is 1.60. The van der Waals surface area contributed by atoms with E-state index in [1.807, 2.05) is 24.3 Å². The topological polar surface area (TPSA) is 42.4 Å². The zero-order valence-corrected chi connectivity index (χ0v) is 14.3. The predicted octanol–water partition coefficient (Wildman–Crippen LogP) is 4.10. The third-order valence-electron chi connectivity index (χ3n) is 3.64. The number of hydrogen-bond donors (Lipinski definition) is 0. The summed E-state index contributed by atoms with van der Waals surface area (Å²) in [7, 11) is 1.72. The van der Waals surface area contributed by atoms with Gasteiger partial charge in [-0.15, -0.1) is 11.3 Å². The summed E-state index contributed by atoms with van der Waals surface area (Å²) in [5.41, 5.74) is 1.67. The summed E-state index contributed by atoms with van der Waals surface area (Å²) < 4.78 is 29.7. The largest absolute Gasteiger partial charge is 0.435 e. The minimum Gasteiger partial charge on any atom is -0.435 e. The minimum absolute atomic E-state index is 0.0678. The molecule has 4 nitrogen and oxygen atoms in total. The van der Waals surface area contributed by atoms with Crippen LogP contribution in [0.5, 0.6) is 5.75 Å². The second-order valence-corrected chi connectivity index (χ2v) is 6.64. The standard InChI is InChI=1S/C18H16F2N2O2S/c1-22(11-16-21-14-4-2-3-5-15(14)25-16)17(23)10-12-6-8-13(9-7-12)24-18(19)20/h2-9,18H,10-11H2,1H3. The van der Waals surface area contributed by atoms with Crippen LogP contribution in [-0.4, -0.2) is 29.5 Å². The van der Waals surface area contributed by atoms with E-state index in [-0.39, 0.29) is 18.1 Å². The predicted molar refractivity (Wildman–Crippen MR) is 92.9 cm³/mol. The van der Waals surface area contributed by atoms with Gasteiger partial charge in [0.05, 0.1) is 23.2 Å². The number of benzene rings is 2. The molecule has 130 valence electrons. The van der Waals surface area contributed by atoms with E-state index in [0.29, 0.717) is 6.54 Å². The van der Waals surface area contributed by atoms with Gasteiger partial charge in [0.25, 0.3) is 0 Å². The molecule has 0 radical (unpaired) electrons. The monoisotopic (exact) mass is 362 g/mol. The first kappa shape index (κ1) is 17.3. The molecule has 0 saturated heterocycles. The first-order chi connectivity index (χ1) is 12.0. The van der Waals surface area contributed by atoms with Crippen molar-refractivity contribution in [3.05, 3.63) is 59.1 Å². The van der Waals surface area contributed by atoms with Crippen molar-refractivity contribution in [2.24, 2.45) is 0 Å². The van der Waals surface area contributed by atoms with Crippen LogP contribution in [0.2, 0.25) is 0 Å². The molecule has 3 aromatic rings. The maximum absolute atomic E-state index is 12.3. The highest BCUT2D eigenvalue weighted by molar-refractivity contribution is 7.18. The van der Waals surface area contributed by atoms with E-state index in [1.165, 1.54) is 12.1 Å². The summed E-state index contributed by atoms with van der Waals surface area (Å²) in [5.74, 6) is 0.0100. The normalized spacial score (nSPS) is 11.0. The average Bonchev–Trinajstić information content (AvgIpc) is 2.98. The average molecular weight is 362 g/mol. The number of aromatic nitrogens is 1. The van der Waals surface area contributed by atoms with Crippen molar-refractivity contribution in [3.63, 3.8) is 0 Å². The Hall–Kier alpha value is -2.54. The molecule has 0 N–H and O–H groups in total. The molecule has 0 unspecified atom stereocenters. The van der Waals surface area contributed by atoms with Gasteiger partial charge >= 0.3 is 6.61 Å². The molecule has 0 atom stereocenters. The van der Waals surface area contributed by atoms with Crippen molar-refractivity contribution >= 4 is 27.5 Å². The Morgan fingerprint density at radius 3 is 2.60 bits per heavy atom. The summed E-state index contributed by atoms with van der Waals surface area (Å²) in [6, 6.07) is 13.9. The maximum Gasteiger partial charge on any atom is 0.387 e. The van der Waals surface area contributed by atoms with Crippen LogP contribution in [0.15, 0.2) is 48.5 Å². The minimum atomic E-state index is -2.85. The van der Waals surface area contributed by atoms with E-state index >= 15 is 0 Å².